The second kappa shape index (κ2) is 5.85. The van der Waals surface area contributed by atoms with Crippen molar-refractivity contribution in [3.8, 4) is 0 Å². The molecule has 0 aliphatic rings. The van der Waals surface area contributed by atoms with Crippen molar-refractivity contribution < 1.29 is 4.39 Å². The number of halogens is 1. The Labute approximate surface area is 120 Å². The lowest BCUT2D eigenvalue weighted by Gasteiger charge is -2.05. The highest BCUT2D eigenvalue weighted by molar-refractivity contribution is 5.77. The Kier molecular flexibility index (Phi) is 3.75. The Hall–Kier alpha value is -2.53. The zero-order valence-corrected chi connectivity index (χ0v) is 11.3. The van der Waals surface area contributed by atoms with Crippen LogP contribution in [0.25, 0.3) is 10.9 Å². The molecule has 0 aliphatic carbocycles. The standard InChI is InChI=1S/C16H14FN3O/c17-12-7-5-11(6-8-12)9-18-10-15-19-14-4-2-1-3-13(14)16(21)20-15/h1-8,18H,9-10H2,(H,19,20,21). The molecule has 0 fully saturated rings. The lowest BCUT2D eigenvalue weighted by atomic mass is 10.2. The van der Waals surface area contributed by atoms with Crippen molar-refractivity contribution in [2.75, 3.05) is 0 Å². The van der Waals surface area contributed by atoms with Crippen LogP contribution in [0.1, 0.15) is 11.4 Å². The van der Waals surface area contributed by atoms with Gasteiger partial charge in [-0.3, -0.25) is 4.79 Å². The topological polar surface area (TPSA) is 57.8 Å². The van der Waals surface area contributed by atoms with Crippen LogP contribution in [0.4, 0.5) is 4.39 Å². The molecular weight excluding hydrogens is 269 g/mol. The molecule has 0 amide bonds. The lowest BCUT2D eigenvalue weighted by Crippen LogP contribution is -2.19. The van der Waals surface area contributed by atoms with Gasteiger partial charge in [0.1, 0.15) is 11.6 Å². The minimum atomic E-state index is -0.251. The van der Waals surface area contributed by atoms with Crippen LogP contribution in [-0.2, 0) is 13.1 Å². The summed E-state index contributed by atoms with van der Waals surface area (Å²) in [5.41, 5.74) is 1.51. The van der Waals surface area contributed by atoms with E-state index >= 15 is 0 Å². The van der Waals surface area contributed by atoms with Crippen LogP contribution in [-0.4, -0.2) is 9.97 Å². The normalized spacial score (nSPS) is 10.9. The van der Waals surface area contributed by atoms with Gasteiger partial charge >= 0.3 is 0 Å². The zero-order valence-electron chi connectivity index (χ0n) is 11.3. The number of nitrogens with one attached hydrogen (secondary N) is 2. The highest BCUT2D eigenvalue weighted by atomic mass is 19.1. The van der Waals surface area contributed by atoms with Gasteiger partial charge in [0.05, 0.1) is 17.4 Å². The number of hydrogen-bond donors (Lipinski definition) is 2. The average molecular weight is 283 g/mol. The predicted octanol–water partition coefficient (Wildman–Crippen LogP) is 2.35. The molecule has 0 bridgehead atoms. The van der Waals surface area contributed by atoms with E-state index < -0.39 is 0 Å². The number of para-hydroxylation sites is 1. The van der Waals surface area contributed by atoms with Gasteiger partial charge in [0.15, 0.2) is 0 Å². The Bertz CT molecular complexity index is 812. The van der Waals surface area contributed by atoms with Crippen LogP contribution in [0.5, 0.6) is 0 Å². The van der Waals surface area contributed by atoms with Gasteiger partial charge in [0.2, 0.25) is 0 Å². The minimum Gasteiger partial charge on any atom is -0.309 e. The largest absolute Gasteiger partial charge is 0.309 e. The summed E-state index contributed by atoms with van der Waals surface area (Å²) in [6, 6.07) is 13.5. The number of aromatic amines is 1. The fraction of sp³-hybridized carbons (Fsp3) is 0.125. The maximum Gasteiger partial charge on any atom is 0.258 e. The lowest BCUT2D eigenvalue weighted by molar-refractivity contribution is 0.623. The van der Waals surface area contributed by atoms with E-state index in [0.29, 0.717) is 29.8 Å². The van der Waals surface area contributed by atoms with E-state index in [4.69, 9.17) is 0 Å². The molecule has 0 spiro atoms. The molecule has 0 aliphatic heterocycles. The van der Waals surface area contributed by atoms with Gasteiger partial charge in [-0.05, 0) is 29.8 Å². The van der Waals surface area contributed by atoms with E-state index in [-0.39, 0.29) is 11.4 Å². The van der Waals surface area contributed by atoms with Crippen LogP contribution in [0.3, 0.4) is 0 Å². The molecule has 2 aromatic carbocycles. The van der Waals surface area contributed by atoms with Gasteiger partial charge in [0.25, 0.3) is 5.56 Å². The second-order valence-electron chi connectivity index (χ2n) is 4.76. The molecule has 5 heteroatoms. The van der Waals surface area contributed by atoms with Gasteiger partial charge in [-0.2, -0.15) is 0 Å². The number of aromatic nitrogens is 2. The van der Waals surface area contributed by atoms with Crippen molar-refractivity contribution in [2.24, 2.45) is 0 Å². The molecular formula is C16H14FN3O. The Balaban J connectivity index is 1.70. The van der Waals surface area contributed by atoms with E-state index in [9.17, 15) is 9.18 Å². The SMILES string of the molecule is O=c1[nH]c(CNCc2ccc(F)cc2)nc2ccccc12. The summed E-state index contributed by atoms with van der Waals surface area (Å²) in [5.74, 6) is 0.333. The zero-order chi connectivity index (χ0) is 14.7. The highest BCUT2D eigenvalue weighted by Crippen LogP contribution is 2.06. The Morgan fingerprint density at radius 2 is 1.81 bits per heavy atom. The number of H-pyrrole nitrogens is 1. The highest BCUT2D eigenvalue weighted by Gasteiger charge is 2.02. The molecule has 1 heterocycles. The van der Waals surface area contributed by atoms with E-state index in [2.05, 4.69) is 15.3 Å². The van der Waals surface area contributed by atoms with Gasteiger partial charge in [0, 0.05) is 6.54 Å². The number of benzene rings is 2. The van der Waals surface area contributed by atoms with Crippen molar-refractivity contribution in [2.45, 2.75) is 13.1 Å². The van der Waals surface area contributed by atoms with Gasteiger partial charge < -0.3 is 10.3 Å². The molecule has 1 aromatic heterocycles. The van der Waals surface area contributed by atoms with Crippen molar-refractivity contribution in [3.63, 3.8) is 0 Å². The van der Waals surface area contributed by atoms with Crippen molar-refractivity contribution in [1.82, 2.24) is 15.3 Å². The molecule has 21 heavy (non-hydrogen) atoms. The summed E-state index contributed by atoms with van der Waals surface area (Å²) in [5, 5.41) is 3.76. The van der Waals surface area contributed by atoms with Crippen LogP contribution < -0.4 is 10.9 Å². The Morgan fingerprint density at radius 3 is 2.62 bits per heavy atom. The quantitative estimate of drug-likeness (QED) is 0.772. The third-order valence-electron chi connectivity index (χ3n) is 3.20. The third kappa shape index (κ3) is 3.14. The Morgan fingerprint density at radius 1 is 1.05 bits per heavy atom. The van der Waals surface area contributed by atoms with Gasteiger partial charge in [-0.25, -0.2) is 9.37 Å². The molecule has 0 unspecified atom stereocenters. The molecule has 3 aromatic rings. The molecule has 2 N–H and O–H groups in total. The number of hydrogen-bond acceptors (Lipinski definition) is 3. The monoisotopic (exact) mass is 283 g/mol. The molecule has 3 rings (SSSR count). The third-order valence-corrected chi connectivity index (χ3v) is 3.20. The summed E-state index contributed by atoms with van der Waals surface area (Å²) in [4.78, 5) is 19.1. The maximum atomic E-state index is 12.8. The van der Waals surface area contributed by atoms with E-state index in [1.54, 1.807) is 18.2 Å². The summed E-state index contributed by atoms with van der Waals surface area (Å²) < 4.78 is 12.8. The second-order valence-corrected chi connectivity index (χ2v) is 4.76. The van der Waals surface area contributed by atoms with Crippen LogP contribution >= 0.6 is 0 Å². The van der Waals surface area contributed by atoms with Crippen molar-refractivity contribution in [1.29, 1.82) is 0 Å². The minimum absolute atomic E-state index is 0.140. The smallest absolute Gasteiger partial charge is 0.258 e. The van der Waals surface area contributed by atoms with Crippen LogP contribution in [0.15, 0.2) is 53.3 Å². The summed E-state index contributed by atoms with van der Waals surface area (Å²) in [6.45, 7) is 1.02. The number of fused-ring (bicyclic) bond motifs is 1. The maximum absolute atomic E-state index is 12.8. The van der Waals surface area contributed by atoms with E-state index in [1.807, 2.05) is 18.2 Å². The summed E-state index contributed by atoms with van der Waals surface area (Å²) in [7, 11) is 0. The van der Waals surface area contributed by atoms with Crippen LogP contribution in [0, 0.1) is 5.82 Å². The fourth-order valence-electron chi connectivity index (χ4n) is 2.15. The van der Waals surface area contributed by atoms with Crippen molar-refractivity contribution >= 4 is 10.9 Å². The molecule has 4 nitrogen and oxygen atoms in total. The van der Waals surface area contributed by atoms with Crippen molar-refractivity contribution in [3.05, 3.63) is 76.1 Å². The van der Waals surface area contributed by atoms with Gasteiger partial charge in [-0.15, -0.1) is 0 Å². The first kappa shape index (κ1) is 13.5. The average Bonchev–Trinajstić information content (AvgIpc) is 2.49. The molecule has 0 saturated heterocycles. The molecule has 0 saturated carbocycles. The predicted molar refractivity (Wildman–Crippen MR) is 79.3 cm³/mol. The first-order valence-corrected chi connectivity index (χ1v) is 6.65. The molecule has 106 valence electrons. The molecule has 0 atom stereocenters. The first-order valence-electron chi connectivity index (χ1n) is 6.65. The van der Waals surface area contributed by atoms with Crippen LogP contribution in [0.2, 0.25) is 0 Å². The fourth-order valence-corrected chi connectivity index (χ4v) is 2.15. The number of nitrogens with zero attached hydrogens (tertiary/aromatic N) is 1. The summed E-state index contributed by atoms with van der Waals surface area (Å²) >= 11 is 0. The number of rotatable bonds is 4. The van der Waals surface area contributed by atoms with E-state index in [0.717, 1.165) is 5.56 Å². The first-order chi connectivity index (χ1) is 10.2. The van der Waals surface area contributed by atoms with E-state index in [1.165, 1.54) is 12.1 Å². The van der Waals surface area contributed by atoms with Gasteiger partial charge in [-0.1, -0.05) is 24.3 Å². The molecule has 0 radical (unpaired) electrons. The summed E-state index contributed by atoms with van der Waals surface area (Å²) in [6.07, 6.45) is 0.